The SMILES string of the molecule is NNc1cccc(N2CCCCC2CCO)n1. The van der Waals surface area contributed by atoms with Crippen LogP contribution in [-0.4, -0.2) is 29.3 Å². The first-order valence-corrected chi connectivity index (χ1v) is 6.16. The molecular weight excluding hydrogens is 216 g/mol. The molecule has 0 amide bonds. The highest BCUT2D eigenvalue weighted by Gasteiger charge is 2.22. The van der Waals surface area contributed by atoms with Gasteiger partial charge >= 0.3 is 0 Å². The number of nitrogens with two attached hydrogens (primary N) is 1. The van der Waals surface area contributed by atoms with Gasteiger partial charge in [-0.15, -0.1) is 0 Å². The number of rotatable bonds is 4. The van der Waals surface area contributed by atoms with E-state index in [4.69, 9.17) is 10.9 Å². The number of nitrogens with one attached hydrogen (secondary N) is 1. The summed E-state index contributed by atoms with van der Waals surface area (Å²) in [4.78, 5) is 6.73. The Kier molecular flexibility index (Phi) is 4.17. The maximum Gasteiger partial charge on any atom is 0.142 e. The van der Waals surface area contributed by atoms with Crippen LogP contribution in [0.15, 0.2) is 18.2 Å². The second kappa shape index (κ2) is 5.84. The van der Waals surface area contributed by atoms with Crippen molar-refractivity contribution in [3.05, 3.63) is 18.2 Å². The van der Waals surface area contributed by atoms with Gasteiger partial charge in [0.25, 0.3) is 0 Å². The van der Waals surface area contributed by atoms with Gasteiger partial charge in [0.1, 0.15) is 11.6 Å². The summed E-state index contributed by atoms with van der Waals surface area (Å²) in [6, 6.07) is 6.18. The van der Waals surface area contributed by atoms with Gasteiger partial charge in [-0.1, -0.05) is 6.07 Å². The summed E-state index contributed by atoms with van der Waals surface area (Å²) in [6.45, 7) is 1.24. The summed E-state index contributed by atoms with van der Waals surface area (Å²) in [6.07, 6.45) is 4.35. The lowest BCUT2D eigenvalue weighted by molar-refractivity contribution is 0.262. The van der Waals surface area contributed by atoms with E-state index in [1.165, 1.54) is 12.8 Å². The van der Waals surface area contributed by atoms with Crippen LogP contribution in [-0.2, 0) is 0 Å². The molecule has 0 spiro atoms. The maximum absolute atomic E-state index is 9.10. The highest BCUT2D eigenvalue weighted by molar-refractivity contribution is 5.47. The van der Waals surface area contributed by atoms with Crippen LogP contribution in [0.4, 0.5) is 11.6 Å². The van der Waals surface area contributed by atoms with E-state index in [1.807, 2.05) is 18.2 Å². The number of hydrogen-bond acceptors (Lipinski definition) is 5. The van der Waals surface area contributed by atoms with E-state index < -0.39 is 0 Å². The number of nitrogen functional groups attached to an aromatic ring is 1. The van der Waals surface area contributed by atoms with E-state index >= 15 is 0 Å². The number of aromatic nitrogens is 1. The van der Waals surface area contributed by atoms with Crippen LogP contribution >= 0.6 is 0 Å². The molecule has 1 aliphatic rings. The van der Waals surface area contributed by atoms with Gasteiger partial charge in [-0.3, -0.25) is 0 Å². The number of aliphatic hydroxyl groups excluding tert-OH is 1. The largest absolute Gasteiger partial charge is 0.396 e. The number of hydrazine groups is 1. The van der Waals surface area contributed by atoms with Gasteiger partial charge in [-0.2, -0.15) is 0 Å². The average molecular weight is 236 g/mol. The third kappa shape index (κ3) is 2.87. The van der Waals surface area contributed by atoms with Crippen LogP contribution in [0, 0.1) is 0 Å². The van der Waals surface area contributed by atoms with Crippen molar-refractivity contribution in [3.63, 3.8) is 0 Å². The van der Waals surface area contributed by atoms with E-state index in [1.54, 1.807) is 0 Å². The Morgan fingerprint density at radius 1 is 1.47 bits per heavy atom. The minimum atomic E-state index is 0.232. The Hall–Kier alpha value is -1.33. The zero-order valence-electron chi connectivity index (χ0n) is 9.97. The van der Waals surface area contributed by atoms with Crippen LogP contribution in [0.3, 0.4) is 0 Å². The molecule has 5 nitrogen and oxygen atoms in total. The minimum absolute atomic E-state index is 0.232. The van der Waals surface area contributed by atoms with Crippen molar-refractivity contribution in [1.82, 2.24) is 4.98 Å². The molecule has 0 radical (unpaired) electrons. The molecule has 1 aliphatic heterocycles. The molecule has 0 bridgehead atoms. The third-order valence-electron chi connectivity index (χ3n) is 3.27. The Balaban J connectivity index is 2.16. The summed E-state index contributed by atoms with van der Waals surface area (Å²) in [7, 11) is 0. The molecule has 1 aromatic rings. The monoisotopic (exact) mass is 236 g/mol. The number of nitrogens with zero attached hydrogens (tertiary/aromatic N) is 2. The predicted octanol–water partition coefficient (Wildman–Crippen LogP) is 1.11. The van der Waals surface area contributed by atoms with Gasteiger partial charge in [0.15, 0.2) is 0 Å². The van der Waals surface area contributed by atoms with E-state index in [0.717, 1.165) is 25.2 Å². The zero-order valence-corrected chi connectivity index (χ0v) is 9.97. The van der Waals surface area contributed by atoms with Crippen molar-refractivity contribution in [2.75, 3.05) is 23.5 Å². The molecule has 4 N–H and O–H groups in total. The fourth-order valence-electron chi connectivity index (χ4n) is 2.41. The lowest BCUT2D eigenvalue weighted by Crippen LogP contribution is -2.40. The van der Waals surface area contributed by atoms with Gasteiger partial charge in [-0.25, -0.2) is 10.8 Å². The van der Waals surface area contributed by atoms with E-state index in [9.17, 15) is 0 Å². The van der Waals surface area contributed by atoms with Gasteiger partial charge in [-0.05, 0) is 37.8 Å². The molecule has 94 valence electrons. The normalized spacial score (nSPS) is 20.4. The van der Waals surface area contributed by atoms with Gasteiger partial charge in [0.05, 0.1) is 0 Å². The predicted molar refractivity (Wildman–Crippen MR) is 68.7 cm³/mol. The van der Waals surface area contributed by atoms with Crippen molar-refractivity contribution >= 4 is 11.6 Å². The third-order valence-corrected chi connectivity index (χ3v) is 3.27. The Bertz CT molecular complexity index is 356. The molecule has 5 heteroatoms. The summed E-state index contributed by atoms with van der Waals surface area (Å²) in [5.74, 6) is 6.99. The second-order valence-corrected chi connectivity index (χ2v) is 4.38. The Morgan fingerprint density at radius 3 is 3.12 bits per heavy atom. The lowest BCUT2D eigenvalue weighted by Gasteiger charge is -2.36. The first-order chi connectivity index (χ1) is 8.35. The number of piperidine rings is 1. The molecule has 1 saturated heterocycles. The smallest absolute Gasteiger partial charge is 0.142 e. The first-order valence-electron chi connectivity index (χ1n) is 6.16. The van der Waals surface area contributed by atoms with Crippen LogP contribution in [0.25, 0.3) is 0 Å². The van der Waals surface area contributed by atoms with E-state index in [0.29, 0.717) is 11.9 Å². The zero-order chi connectivity index (χ0) is 12.1. The van der Waals surface area contributed by atoms with Gasteiger partial charge < -0.3 is 15.4 Å². The molecule has 1 atom stereocenters. The molecule has 2 rings (SSSR count). The van der Waals surface area contributed by atoms with E-state index in [2.05, 4.69) is 15.3 Å². The number of aliphatic hydroxyl groups is 1. The molecule has 17 heavy (non-hydrogen) atoms. The van der Waals surface area contributed by atoms with Gasteiger partial charge in [0.2, 0.25) is 0 Å². The molecule has 1 fully saturated rings. The lowest BCUT2D eigenvalue weighted by atomic mass is 9.99. The summed E-state index contributed by atoms with van der Waals surface area (Å²) < 4.78 is 0. The van der Waals surface area contributed by atoms with E-state index in [-0.39, 0.29) is 6.61 Å². The minimum Gasteiger partial charge on any atom is -0.396 e. The Morgan fingerprint density at radius 2 is 2.35 bits per heavy atom. The van der Waals surface area contributed by atoms with Crippen molar-refractivity contribution < 1.29 is 5.11 Å². The topological polar surface area (TPSA) is 74.4 Å². The first kappa shape index (κ1) is 12.1. The standard InChI is InChI=1S/C12H20N4O/c13-15-11-5-3-6-12(14-11)16-8-2-1-4-10(16)7-9-17/h3,5-6,10,17H,1-2,4,7-9,13H2,(H,14,15). The summed E-state index contributed by atoms with van der Waals surface area (Å²) >= 11 is 0. The average Bonchev–Trinajstić information content (AvgIpc) is 2.40. The van der Waals surface area contributed by atoms with Crippen LogP contribution in [0.1, 0.15) is 25.7 Å². The summed E-state index contributed by atoms with van der Waals surface area (Å²) in [5.41, 5.74) is 2.57. The summed E-state index contributed by atoms with van der Waals surface area (Å²) in [5, 5.41) is 9.10. The fourth-order valence-corrected chi connectivity index (χ4v) is 2.41. The highest BCUT2D eigenvalue weighted by Crippen LogP contribution is 2.25. The number of hydrogen-bond donors (Lipinski definition) is 3. The molecule has 0 aromatic carbocycles. The number of anilines is 2. The second-order valence-electron chi connectivity index (χ2n) is 4.38. The van der Waals surface area contributed by atoms with Crippen molar-refractivity contribution in [2.24, 2.45) is 5.84 Å². The van der Waals surface area contributed by atoms with Crippen LogP contribution in [0.2, 0.25) is 0 Å². The maximum atomic E-state index is 9.10. The fraction of sp³-hybridized carbons (Fsp3) is 0.583. The molecular formula is C12H20N4O. The number of pyridine rings is 1. The van der Waals surface area contributed by atoms with Crippen molar-refractivity contribution in [3.8, 4) is 0 Å². The Labute approximate surface area is 102 Å². The molecule has 0 saturated carbocycles. The molecule has 2 heterocycles. The molecule has 0 aliphatic carbocycles. The van der Waals surface area contributed by atoms with Gasteiger partial charge in [0, 0.05) is 19.2 Å². The van der Waals surface area contributed by atoms with Crippen LogP contribution < -0.4 is 16.2 Å². The van der Waals surface area contributed by atoms with Crippen molar-refractivity contribution in [2.45, 2.75) is 31.7 Å². The quantitative estimate of drug-likeness (QED) is 0.539. The highest BCUT2D eigenvalue weighted by atomic mass is 16.3. The van der Waals surface area contributed by atoms with Crippen LogP contribution in [0.5, 0.6) is 0 Å². The van der Waals surface area contributed by atoms with Crippen molar-refractivity contribution in [1.29, 1.82) is 0 Å². The molecule has 1 unspecified atom stereocenters. The molecule has 1 aromatic heterocycles.